The van der Waals surface area contributed by atoms with Gasteiger partial charge in [0.2, 0.25) is 0 Å². The van der Waals surface area contributed by atoms with E-state index in [0.29, 0.717) is 12.0 Å². The molecule has 1 aromatic heterocycles. The molecule has 2 aliphatic heterocycles. The molecule has 0 spiro atoms. The lowest BCUT2D eigenvalue weighted by Gasteiger charge is -2.37. The van der Waals surface area contributed by atoms with E-state index in [2.05, 4.69) is 71.4 Å². The monoisotopic (exact) mass is 352 g/mol. The van der Waals surface area contributed by atoms with E-state index in [1.54, 1.807) is 0 Å². The first-order valence-electron chi connectivity index (χ1n) is 9.54. The van der Waals surface area contributed by atoms with Crippen LogP contribution in [0.4, 0.5) is 11.4 Å². The van der Waals surface area contributed by atoms with Crippen LogP contribution in [0.1, 0.15) is 37.6 Å². The van der Waals surface area contributed by atoms with Crippen LogP contribution in [0.2, 0.25) is 0 Å². The summed E-state index contributed by atoms with van der Waals surface area (Å²) in [6.45, 7) is 9.32. The van der Waals surface area contributed by atoms with Gasteiger partial charge in [0.15, 0.2) is 0 Å². The molecule has 5 nitrogen and oxygen atoms in total. The van der Waals surface area contributed by atoms with Gasteiger partial charge in [-0.05, 0) is 37.5 Å². The number of hydrogen-bond acceptors (Lipinski definition) is 5. The number of rotatable bonds is 4. The van der Waals surface area contributed by atoms with E-state index in [1.807, 2.05) is 12.4 Å². The van der Waals surface area contributed by atoms with E-state index in [9.17, 15) is 0 Å². The van der Waals surface area contributed by atoms with Crippen molar-refractivity contribution >= 4 is 11.4 Å². The third-order valence-corrected chi connectivity index (χ3v) is 5.18. The fourth-order valence-corrected chi connectivity index (χ4v) is 3.91. The molecule has 2 atom stereocenters. The molecule has 0 bridgehead atoms. The number of aryl methyl sites for hydroxylation is 1. The molecule has 0 aliphatic carbocycles. The zero-order chi connectivity index (χ0) is 18.1. The number of morpholine rings is 1. The third-order valence-electron chi connectivity index (χ3n) is 5.18. The summed E-state index contributed by atoms with van der Waals surface area (Å²) >= 11 is 0. The Morgan fingerprint density at radius 1 is 1.23 bits per heavy atom. The second kappa shape index (κ2) is 7.35. The lowest BCUT2D eigenvalue weighted by atomic mass is 10.0. The lowest BCUT2D eigenvalue weighted by molar-refractivity contribution is -0.0550. The van der Waals surface area contributed by atoms with E-state index < -0.39 is 0 Å². The van der Waals surface area contributed by atoms with Gasteiger partial charge >= 0.3 is 0 Å². The van der Waals surface area contributed by atoms with Gasteiger partial charge in [0.1, 0.15) is 6.17 Å². The first kappa shape index (κ1) is 17.5. The Hall–Kier alpha value is -1.95. The van der Waals surface area contributed by atoms with Gasteiger partial charge < -0.3 is 4.74 Å². The number of hydrogen-bond donors (Lipinski definition) is 1. The maximum absolute atomic E-state index is 6.00. The molecule has 0 radical (unpaired) electrons. The molecule has 5 heteroatoms. The second-order valence-electron chi connectivity index (χ2n) is 7.75. The summed E-state index contributed by atoms with van der Waals surface area (Å²) in [5.41, 5.74) is 8.52. The van der Waals surface area contributed by atoms with Crippen LogP contribution in [0, 0.1) is 12.8 Å². The SMILES string of the molecule is Cc1ccc(N2NC(N3CCOC(CC(C)C)C3)c3ccncc32)cc1. The lowest BCUT2D eigenvalue weighted by Crippen LogP contribution is -2.49. The van der Waals surface area contributed by atoms with Crippen LogP contribution < -0.4 is 10.4 Å². The maximum Gasteiger partial charge on any atom is 0.106 e. The summed E-state index contributed by atoms with van der Waals surface area (Å²) in [5, 5.41) is 2.17. The van der Waals surface area contributed by atoms with Crippen LogP contribution in [-0.4, -0.2) is 35.7 Å². The Morgan fingerprint density at radius 3 is 2.81 bits per heavy atom. The average molecular weight is 352 g/mol. The molecule has 0 amide bonds. The Balaban J connectivity index is 1.59. The minimum Gasteiger partial charge on any atom is -0.376 e. The molecule has 4 rings (SSSR count). The van der Waals surface area contributed by atoms with Crippen LogP contribution in [-0.2, 0) is 4.74 Å². The molecular formula is C21H28N4O. The number of aromatic nitrogens is 1. The topological polar surface area (TPSA) is 40.6 Å². The van der Waals surface area contributed by atoms with E-state index in [0.717, 1.165) is 37.5 Å². The van der Waals surface area contributed by atoms with Gasteiger partial charge in [0.05, 0.1) is 30.3 Å². The van der Waals surface area contributed by atoms with Crippen molar-refractivity contribution < 1.29 is 4.74 Å². The second-order valence-corrected chi connectivity index (χ2v) is 7.75. The Bertz CT molecular complexity index is 746. The van der Waals surface area contributed by atoms with Crippen LogP contribution in [0.5, 0.6) is 0 Å². The van der Waals surface area contributed by atoms with Crippen molar-refractivity contribution in [3.63, 3.8) is 0 Å². The summed E-state index contributed by atoms with van der Waals surface area (Å²) < 4.78 is 6.00. The largest absolute Gasteiger partial charge is 0.376 e. The third kappa shape index (κ3) is 3.47. The number of benzene rings is 1. The fraction of sp³-hybridized carbons (Fsp3) is 0.476. The Morgan fingerprint density at radius 2 is 2.04 bits per heavy atom. The quantitative estimate of drug-likeness (QED) is 0.906. The van der Waals surface area contributed by atoms with Gasteiger partial charge in [-0.2, -0.15) is 0 Å². The van der Waals surface area contributed by atoms with Crippen molar-refractivity contribution in [2.24, 2.45) is 5.92 Å². The Labute approximate surface area is 155 Å². The summed E-state index contributed by atoms with van der Waals surface area (Å²) in [6.07, 6.45) is 5.41. The fourth-order valence-electron chi connectivity index (χ4n) is 3.91. The first-order valence-corrected chi connectivity index (χ1v) is 9.54. The standard InChI is InChI=1S/C21H28N4O/c1-15(2)12-18-14-24(10-11-26-18)21-19-8-9-22-13-20(19)25(23-21)17-6-4-16(3)5-7-17/h4-9,13,15,18,21,23H,10-12,14H2,1-3H3. The predicted octanol–water partition coefficient (Wildman–Crippen LogP) is 3.79. The van der Waals surface area contributed by atoms with Crippen LogP contribution in [0.15, 0.2) is 42.7 Å². The van der Waals surface area contributed by atoms with Crippen LogP contribution >= 0.6 is 0 Å². The highest BCUT2D eigenvalue weighted by molar-refractivity contribution is 5.68. The van der Waals surface area contributed by atoms with Gasteiger partial charge in [-0.3, -0.25) is 14.9 Å². The van der Waals surface area contributed by atoms with E-state index >= 15 is 0 Å². The number of fused-ring (bicyclic) bond motifs is 1. The van der Waals surface area contributed by atoms with E-state index in [1.165, 1.54) is 11.1 Å². The first-order chi connectivity index (χ1) is 12.6. The molecule has 138 valence electrons. The van der Waals surface area contributed by atoms with Crippen molar-refractivity contribution in [2.75, 3.05) is 24.7 Å². The molecule has 26 heavy (non-hydrogen) atoms. The molecule has 2 unspecified atom stereocenters. The van der Waals surface area contributed by atoms with Gasteiger partial charge in [0.25, 0.3) is 0 Å². The Kier molecular flexibility index (Phi) is 4.94. The van der Waals surface area contributed by atoms with Gasteiger partial charge in [-0.1, -0.05) is 31.5 Å². The molecular weight excluding hydrogens is 324 g/mol. The molecule has 1 aromatic carbocycles. The summed E-state index contributed by atoms with van der Waals surface area (Å²) in [6, 6.07) is 10.7. The molecule has 0 saturated carbocycles. The highest BCUT2D eigenvalue weighted by atomic mass is 16.5. The van der Waals surface area contributed by atoms with E-state index in [-0.39, 0.29) is 6.17 Å². The molecule has 1 fully saturated rings. The molecule has 1 N–H and O–H groups in total. The minimum atomic E-state index is 0.160. The zero-order valence-corrected chi connectivity index (χ0v) is 15.9. The number of ether oxygens (including phenoxy) is 1. The highest BCUT2D eigenvalue weighted by Gasteiger charge is 2.36. The summed E-state index contributed by atoms with van der Waals surface area (Å²) in [5.74, 6) is 0.650. The van der Waals surface area contributed by atoms with E-state index in [4.69, 9.17) is 4.74 Å². The smallest absolute Gasteiger partial charge is 0.106 e. The number of nitrogens with one attached hydrogen (secondary N) is 1. The van der Waals surface area contributed by atoms with Crippen molar-refractivity contribution in [1.82, 2.24) is 15.3 Å². The van der Waals surface area contributed by atoms with Crippen LogP contribution in [0.25, 0.3) is 0 Å². The highest BCUT2D eigenvalue weighted by Crippen LogP contribution is 2.39. The van der Waals surface area contributed by atoms with Gasteiger partial charge in [-0.15, -0.1) is 0 Å². The maximum atomic E-state index is 6.00. The number of pyridine rings is 1. The molecule has 2 aromatic rings. The minimum absolute atomic E-state index is 0.160. The summed E-state index contributed by atoms with van der Waals surface area (Å²) in [7, 11) is 0. The van der Waals surface area contributed by atoms with Crippen LogP contribution in [0.3, 0.4) is 0 Å². The normalized spacial score (nSPS) is 23.5. The van der Waals surface area contributed by atoms with Crippen molar-refractivity contribution in [3.05, 3.63) is 53.9 Å². The average Bonchev–Trinajstić information content (AvgIpc) is 3.02. The van der Waals surface area contributed by atoms with Gasteiger partial charge in [0, 0.05) is 24.8 Å². The summed E-state index contributed by atoms with van der Waals surface area (Å²) in [4.78, 5) is 6.86. The van der Waals surface area contributed by atoms with Crippen molar-refractivity contribution in [3.8, 4) is 0 Å². The number of anilines is 2. The molecule has 2 aliphatic rings. The van der Waals surface area contributed by atoms with Crippen molar-refractivity contribution in [2.45, 2.75) is 39.5 Å². The van der Waals surface area contributed by atoms with Crippen molar-refractivity contribution in [1.29, 1.82) is 0 Å². The molecule has 1 saturated heterocycles. The predicted molar refractivity (Wildman–Crippen MR) is 104 cm³/mol. The number of hydrazine groups is 1. The molecule has 3 heterocycles. The van der Waals surface area contributed by atoms with Gasteiger partial charge in [-0.25, -0.2) is 5.43 Å². The zero-order valence-electron chi connectivity index (χ0n) is 15.9. The number of nitrogens with zero attached hydrogens (tertiary/aromatic N) is 3.